The fourth-order valence-corrected chi connectivity index (χ4v) is 1.71. The summed E-state index contributed by atoms with van der Waals surface area (Å²) in [6, 6.07) is 7.86. The average molecular weight is 202 g/mol. The first-order valence-corrected chi connectivity index (χ1v) is 4.94. The fourth-order valence-electron chi connectivity index (χ4n) is 1.71. The largest absolute Gasteiger partial charge is 0.550 e. The van der Waals surface area contributed by atoms with Gasteiger partial charge in [0.05, 0.1) is 0 Å². The van der Waals surface area contributed by atoms with Gasteiger partial charge in [0.25, 0.3) is 0 Å². The Morgan fingerprint density at radius 2 is 2.20 bits per heavy atom. The van der Waals surface area contributed by atoms with E-state index >= 15 is 0 Å². The summed E-state index contributed by atoms with van der Waals surface area (Å²) in [6.07, 6.45) is 2.37. The van der Waals surface area contributed by atoms with Gasteiger partial charge in [-0.25, -0.2) is 0 Å². The molecule has 0 fully saturated rings. The van der Waals surface area contributed by atoms with Gasteiger partial charge in [-0.1, -0.05) is 25.1 Å². The monoisotopic (exact) mass is 202 g/mol. The molecule has 0 radical (unpaired) electrons. The maximum absolute atomic E-state index is 10.6. The lowest BCUT2D eigenvalue weighted by atomic mass is 10.0. The molecule has 0 saturated carbocycles. The predicted molar refractivity (Wildman–Crippen MR) is 56.2 cm³/mol. The number of aliphatic carboxylic acids is 1. The van der Waals surface area contributed by atoms with Crippen LogP contribution in [0.4, 0.5) is 0 Å². The van der Waals surface area contributed by atoms with Crippen LogP contribution in [0, 0.1) is 5.92 Å². The van der Waals surface area contributed by atoms with Gasteiger partial charge in [0.1, 0.15) is 0 Å². The third-order valence-corrected chi connectivity index (χ3v) is 2.60. The fraction of sp³-hybridized carbons (Fsp3) is 0.250. The highest BCUT2D eigenvalue weighted by Gasteiger charge is 2.08. The average Bonchev–Trinajstić information content (AvgIpc) is 2.62. The Morgan fingerprint density at radius 1 is 1.47 bits per heavy atom. The number of nitrogens with one attached hydrogen (secondary N) is 1. The van der Waals surface area contributed by atoms with Gasteiger partial charge < -0.3 is 14.9 Å². The minimum atomic E-state index is -1.000. The molecule has 2 aromatic rings. The zero-order valence-electron chi connectivity index (χ0n) is 8.49. The van der Waals surface area contributed by atoms with E-state index in [1.54, 1.807) is 6.92 Å². The smallest absolute Gasteiger partial charge is 0.0456 e. The normalized spacial score (nSPS) is 12.9. The summed E-state index contributed by atoms with van der Waals surface area (Å²) in [6.45, 7) is 1.66. The molecular weight excluding hydrogens is 190 g/mol. The van der Waals surface area contributed by atoms with Gasteiger partial charge >= 0.3 is 0 Å². The number of carboxylic acids is 1. The first-order chi connectivity index (χ1) is 7.18. The van der Waals surface area contributed by atoms with E-state index < -0.39 is 11.9 Å². The highest BCUT2D eigenvalue weighted by molar-refractivity contribution is 5.83. The second-order valence-corrected chi connectivity index (χ2v) is 3.78. The number of H-pyrrole nitrogens is 1. The predicted octanol–water partition coefficient (Wildman–Crippen LogP) is 1.10. The Morgan fingerprint density at radius 3 is 2.93 bits per heavy atom. The molecule has 3 nitrogen and oxygen atoms in total. The van der Waals surface area contributed by atoms with Crippen LogP contribution in [0.2, 0.25) is 0 Å². The number of para-hydroxylation sites is 1. The summed E-state index contributed by atoms with van der Waals surface area (Å²) in [5.41, 5.74) is 2.07. The van der Waals surface area contributed by atoms with Gasteiger partial charge in [-0.15, -0.1) is 0 Å². The minimum absolute atomic E-state index is 0.454. The van der Waals surface area contributed by atoms with Gasteiger partial charge in [-0.2, -0.15) is 0 Å². The summed E-state index contributed by atoms with van der Waals surface area (Å²) >= 11 is 0. The van der Waals surface area contributed by atoms with Crippen molar-refractivity contribution < 1.29 is 9.90 Å². The van der Waals surface area contributed by atoms with Crippen LogP contribution in [0.1, 0.15) is 12.5 Å². The second-order valence-electron chi connectivity index (χ2n) is 3.78. The van der Waals surface area contributed by atoms with Crippen molar-refractivity contribution in [3.05, 3.63) is 36.0 Å². The zero-order valence-corrected chi connectivity index (χ0v) is 8.49. The molecule has 1 atom stereocenters. The van der Waals surface area contributed by atoms with Crippen molar-refractivity contribution in [2.24, 2.45) is 5.92 Å². The van der Waals surface area contributed by atoms with E-state index in [2.05, 4.69) is 4.98 Å². The molecule has 0 bridgehead atoms. The first kappa shape index (κ1) is 9.77. The third kappa shape index (κ3) is 1.86. The number of hydrogen-bond acceptors (Lipinski definition) is 2. The molecule has 1 aromatic carbocycles. The van der Waals surface area contributed by atoms with Crippen LogP contribution in [-0.2, 0) is 11.2 Å². The van der Waals surface area contributed by atoms with Crippen molar-refractivity contribution in [2.45, 2.75) is 13.3 Å². The van der Waals surface area contributed by atoms with Crippen LogP contribution in [0.25, 0.3) is 10.9 Å². The van der Waals surface area contributed by atoms with Crippen LogP contribution >= 0.6 is 0 Å². The quantitative estimate of drug-likeness (QED) is 0.810. The molecule has 0 amide bonds. The van der Waals surface area contributed by atoms with E-state index in [1.165, 1.54) is 0 Å². The molecular formula is C12H12NO2-. The Balaban J connectivity index is 2.32. The third-order valence-electron chi connectivity index (χ3n) is 2.60. The Labute approximate surface area is 87.7 Å². The molecule has 1 aromatic heterocycles. The van der Waals surface area contributed by atoms with E-state index in [0.29, 0.717) is 6.42 Å². The lowest BCUT2D eigenvalue weighted by Crippen LogP contribution is -2.30. The molecule has 15 heavy (non-hydrogen) atoms. The summed E-state index contributed by atoms with van der Waals surface area (Å²) in [5.74, 6) is -1.45. The summed E-state index contributed by atoms with van der Waals surface area (Å²) in [7, 11) is 0. The minimum Gasteiger partial charge on any atom is -0.550 e. The van der Waals surface area contributed by atoms with Gasteiger partial charge in [0.2, 0.25) is 0 Å². The summed E-state index contributed by atoms with van der Waals surface area (Å²) < 4.78 is 0. The molecule has 1 unspecified atom stereocenters. The van der Waals surface area contributed by atoms with Crippen LogP contribution in [0.15, 0.2) is 30.5 Å². The summed E-state index contributed by atoms with van der Waals surface area (Å²) in [5, 5.41) is 11.7. The zero-order chi connectivity index (χ0) is 10.8. The SMILES string of the molecule is CC(Cc1c[nH]c2ccccc12)C(=O)[O-]. The Kier molecular flexibility index (Phi) is 2.46. The molecule has 78 valence electrons. The van der Waals surface area contributed by atoms with E-state index in [1.807, 2.05) is 30.5 Å². The van der Waals surface area contributed by atoms with Gasteiger partial charge in [0.15, 0.2) is 0 Å². The number of aromatic nitrogens is 1. The second kappa shape index (κ2) is 3.77. The van der Waals surface area contributed by atoms with Crippen molar-refractivity contribution in [3.8, 4) is 0 Å². The van der Waals surface area contributed by atoms with Crippen molar-refractivity contribution in [3.63, 3.8) is 0 Å². The van der Waals surface area contributed by atoms with Crippen molar-refractivity contribution in [2.75, 3.05) is 0 Å². The van der Waals surface area contributed by atoms with E-state index in [9.17, 15) is 9.90 Å². The number of carboxylic acid groups (broad SMARTS) is 1. The topological polar surface area (TPSA) is 55.9 Å². The molecule has 1 N–H and O–H groups in total. The summed E-state index contributed by atoms with van der Waals surface area (Å²) in [4.78, 5) is 13.8. The Hall–Kier alpha value is -1.77. The van der Waals surface area contributed by atoms with Crippen LogP contribution in [0.5, 0.6) is 0 Å². The lowest BCUT2D eigenvalue weighted by Gasteiger charge is -2.11. The van der Waals surface area contributed by atoms with Crippen molar-refractivity contribution in [1.29, 1.82) is 0 Å². The lowest BCUT2D eigenvalue weighted by molar-refractivity contribution is -0.310. The highest BCUT2D eigenvalue weighted by Crippen LogP contribution is 2.20. The van der Waals surface area contributed by atoms with Crippen molar-refractivity contribution in [1.82, 2.24) is 4.98 Å². The molecule has 0 aliphatic carbocycles. The number of rotatable bonds is 3. The number of aromatic amines is 1. The molecule has 0 aliphatic heterocycles. The van der Waals surface area contributed by atoms with Gasteiger partial charge in [-0.05, 0) is 24.0 Å². The number of benzene rings is 1. The maximum Gasteiger partial charge on any atom is 0.0456 e. The number of fused-ring (bicyclic) bond motifs is 1. The molecule has 0 saturated heterocycles. The van der Waals surface area contributed by atoms with E-state index in [-0.39, 0.29) is 0 Å². The van der Waals surface area contributed by atoms with Crippen LogP contribution in [0.3, 0.4) is 0 Å². The van der Waals surface area contributed by atoms with Gasteiger partial charge in [0, 0.05) is 23.1 Å². The van der Waals surface area contributed by atoms with Crippen LogP contribution < -0.4 is 5.11 Å². The molecule has 3 heteroatoms. The molecule has 0 aliphatic rings. The maximum atomic E-state index is 10.6. The van der Waals surface area contributed by atoms with E-state index in [0.717, 1.165) is 16.5 Å². The Bertz CT molecular complexity index is 487. The number of carbonyl (C=O) groups excluding carboxylic acids is 1. The van der Waals surface area contributed by atoms with E-state index in [4.69, 9.17) is 0 Å². The molecule has 0 spiro atoms. The molecule has 1 heterocycles. The highest BCUT2D eigenvalue weighted by atomic mass is 16.4. The molecule has 2 rings (SSSR count). The number of hydrogen-bond donors (Lipinski definition) is 1. The van der Waals surface area contributed by atoms with Crippen LogP contribution in [-0.4, -0.2) is 11.0 Å². The first-order valence-electron chi connectivity index (χ1n) is 4.94. The standard InChI is InChI=1S/C12H13NO2/c1-8(12(14)15)6-9-7-13-11-5-3-2-4-10(9)11/h2-5,7-8,13H,6H2,1H3,(H,14,15)/p-1. The van der Waals surface area contributed by atoms with Crippen molar-refractivity contribution >= 4 is 16.9 Å². The van der Waals surface area contributed by atoms with Gasteiger partial charge in [-0.3, -0.25) is 0 Å². The number of carbonyl (C=O) groups is 1.